The predicted octanol–water partition coefficient (Wildman–Crippen LogP) is 4.52. The van der Waals surface area contributed by atoms with Gasteiger partial charge < -0.3 is 9.47 Å². The Morgan fingerprint density at radius 2 is 1.88 bits per heavy atom. The van der Waals surface area contributed by atoms with E-state index in [1.165, 1.54) is 11.1 Å². The van der Waals surface area contributed by atoms with Gasteiger partial charge in [0.05, 0.1) is 12.7 Å². The summed E-state index contributed by atoms with van der Waals surface area (Å²) in [5, 5.41) is 1.85. The molecule has 2 aliphatic rings. The third-order valence-corrected chi connectivity index (χ3v) is 5.71. The summed E-state index contributed by atoms with van der Waals surface area (Å²) in [6, 6.07) is 16.2. The minimum absolute atomic E-state index is 0.251. The van der Waals surface area contributed by atoms with Crippen LogP contribution in [0.5, 0.6) is 5.75 Å². The molecule has 0 radical (unpaired) electrons. The average Bonchev–Trinajstić information content (AvgIpc) is 3.14. The van der Waals surface area contributed by atoms with Gasteiger partial charge in [-0.05, 0) is 42.3 Å². The first kappa shape index (κ1) is 14.5. The molecule has 0 saturated carbocycles. The molecule has 3 nitrogen and oxygen atoms in total. The minimum atomic E-state index is -0.650. The van der Waals surface area contributed by atoms with Crippen LogP contribution in [-0.4, -0.2) is 13.1 Å². The number of methoxy groups -OCH3 is 1. The Labute approximate surface area is 146 Å². The van der Waals surface area contributed by atoms with Crippen LogP contribution in [0.1, 0.15) is 39.0 Å². The summed E-state index contributed by atoms with van der Waals surface area (Å²) in [5.41, 5.74) is 4.68. The van der Waals surface area contributed by atoms with Crippen LogP contribution in [0.15, 0.2) is 48.5 Å². The number of ether oxygens (including phenoxy) is 2. The van der Waals surface area contributed by atoms with Crippen molar-refractivity contribution >= 4 is 16.7 Å². The molecule has 1 spiro atoms. The standard InChI is InChI=1S/C22H18O3/c1-13-5-3-7-16-15(13)11-12-22(16)17-10-9-14-6-4-8-18(24-2)19(14)20(17)21(23)25-22/h3-10H,11-12H2,1-2H3. The molecule has 3 aromatic carbocycles. The maximum atomic E-state index is 12.9. The number of aryl methyl sites for hydroxylation is 1. The summed E-state index contributed by atoms with van der Waals surface area (Å²) in [6.45, 7) is 2.12. The van der Waals surface area contributed by atoms with Gasteiger partial charge in [0.25, 0.3) is 0 Å². The fraction of sp³-hybridized carbons (Fsp3) is 0.227. The van der Waals surface area contributed by atoms with Gasteiger partial charge in [0.15, 0.2) is 5.60 Å². The second kappa shape index (κ2) is 4.85. The number of hydrogen-bond acceptors (Lipinski definition) is 3. The van der Waals surface area contributed by atoms with Crippen molar-refractivity contribution in [3.8, 4) is 5.75 Å². The van der Waals surface area contributed by atoms with Crippen molar-refractivity contribution in [1.82, 2.24) is 0 Å². The lowest BCUT2D eigenvalue weighted by molar-refractivity contribution is 0.0116. The van der Waals surface area contributed by atoms with Gasteiger partial charge in [-0.2, -0.15) is 0 Å². The molecule has 25 heavy (non-hydrogen) atoms. The van der Waals surface area contributed by atoms with Crippen molar-refractivity contribution in [2.45, 2.75) is 25.4 Å². The van der Waals surface area contributed by atoms with Gasteiger partial charge in [-0.3, -0.25) is 0 Å². The molecule has 1 heterocycles. The van der Waals surface area contributed by atoms with Crippen LogP contribution >= 0.6 is 0 Å². The topological polar surface area (TPSA) is 35.5 Å². The summed E-state index contributed by atoms with van der Waals surface area (Å²) < 4.78 is 11.6. The highest BCUT2D eigenvalue weighted by Gasteiger charge is 2.51. The first-order valence-electron chi connectivity index (χ1n) is 8.58. The van der Waals surface area contributed by atoms with Crippen LogP contribution in [0.4, 0.5) is 0 Å². The fourth-order valence-corrected chi connectivity index (χ4v) is 4.56. The first-order chi connectivity index (χ1) is 12.2. The molecule has 1 atom stereocenters. The number of carbonyl (C=O) groups is 1. The minimum Gasteiger partial charge on any atom is -0.496 e. The highest BCUT2D eigenvalue weighted by Crippen LogP contribution is 2.53. The van der Waals surface area contributed by atoms with Crippen molar-refractivity contribution in [1.29, 1.82) is 0 Å². The van der Waals surface area contributed by atoms with Crippen LogP contribution in [-0.2, 0) is 16.8 Å². The number of carbonyl (C=O) groups excluding carboxylic acids is 1. The van der Waals surface area contributed by atoms with E-state index < -0.39 is 5.60 Å². The molecule has 0 bridgehead atoms. The molecule has 3 heteroatoms. The van der Waals surface area contributed by atoms with E-state index in [0.717, 1.165) is 34.7 Å². The van der Waals surface area contributed by atoms with Crippen LogP contribution in [0, 0.1) is 6.92 Å². The molecular formula is C22H18O3. The maximum absolute atomic E-state index is 12.9. The molecule has 1 aliphatic carbocycles. The zero-order valence-corrected chi connectivity index (χ0v) is 14.3. The molecule has 1 aliphatic heterocycles. The summed E-state index contributed by atoms with van der Waals surface area (Å²) in [4.78, 5) is 12.9. The number of esters is 1. The van der Waals surface area contributed by atoms with Crippen molar-refractivity contribution < 1.29 is 14.3 Å². The third kappa shape index (κ3) is 1.73. The Kier molecular flexibility index (Phi) is 2.82. The van der Waals surface area contributed by atoms with Gasteiger partial charge in [0.2, 0.25) is 0 Å². The van der Waals surface area contributed by atoms with E-state index in [0.29, 0.717) is 11.3 Å². The number of hydrogen-bond donors (Lipinski definition) is 0. The normalized spacial score (nSPS) is 20.6. The molecular weight excluding hydrogens is 312 g/mol. The molecule has 1 unspecified atom stereocenters. The first-order valence-corrected chi connectivity index (χ1v) is 8.58. The Morgan fingerprint density at radius 3 is 2.72 bits per heavy atom. The van der Waals surface area contributed by atoms with Crippen molar-refractivity contribution in [2.24, 2.45) is 0 Å². The lowest BCUT2D eigenvalue weighted by Gasteiger charge is -2.25. The largest absolute Gasteiger partial charge is 0.496 e. The number of fused-ring (bicyclic) bond motifs is 6. The molecule has 0 aromatic heterocycles. The molecule has 3 aromatic rings. The highest BCUT2D eigenvalue weighted by molar-refractivity contribution is 6.11. The van der Waals surface area contributed by atoms with Gasteiger partial charge in [-0.15, -0.1) is 0 Å². The SMILES string of the molecule is COc1cccc2ccc3c(c12)C(=O)OC31CCc2c(C)cccc21. The van der Waals surface area contributed by atoms with Crippen molar-refractivity contribution in [3.05, 3.63) is 76.3 Å². The van der Waals surface area contributed by atoms with Gasteiger partial charge in [-0.25, -0.2) is 4.79 Å². The number of benzene rings is 3. The zero-order valence-electron chi connectivity index (χ0n) is 14.3. The van der Waals surface area contributed by atoms with Gasteiger partial charge >= 0.3 is 5.97 Å². The van der Waals surface area contributed by atoms with E-state index in [1.807, 2.05) is 18.2 Å². The summed E-state index contributed by atoms with van der Waals surface area (Å²) in [7, 11) is 1.64. The summed E-state index contributed by atoms with van der Waals surface area (Å²) in [6.07, 6.45) is 1.73. The van der Waals surface area contributed by atoms with E-state index in [9.17, 15) is 4.79 Å². The van der Waals surface area contributed by atoms with Crippen LogP contribution in [0.25, 0.3) is 10.8 Å². The smallest absolute Gasteiger partial charge is 0.340 e. The number of rotatable bonds is 1. The lowest BCUT2D eigenvalue weighted by Crippen LogP contribution is -2.24. The quantitative estimate of drug-likeness (QED) is 0.616. The van der Waals surface area contributed by atoms with E-state index in [-0.39, 0.29) is 5.97 Å². The van der Waals surface area contributed by atoms with E-state index in [4.69, 9.17) is 9.47 Å². The zero-order chi connectivity index (χ0) is 17.2. The molecule has 0 N–H and O–H groups in total. The van der Waals surface area contributed by atoms with Gasteiger partial charge in [0.1, 0.15) is 5.75 Å². The van der Waals surface area contributed by atoms with Gasteiger partial charge in [-0.1, -0.05) is 42.5 Å². The average molecular weight is 330 g/mol. The van der Waals surface area contributed by atoms with E-state index in [1.54, 1.807) is 7.11 Å². The fourth-order valence-electron chi connectivity index (χ4n) is 4.56. The third-order valence-electron chi connectivity index (χ3n) is 5.71. The molecule has 5 rings (SSSR count). The summed E-state index contributed by atoms with van der Waals surface area (Å²) in [5.74, 6) is 0.463. The lowest BCUT2D eigenvalue weighted by atomic mass is 9.84. The van der Waals surface area contributed by atoms with E-state index in [2.05, 4.69) is 37.3 Å². The predicted molar refractivity (Wildman–Crippen MR) is 96.2 cm³/mol. The Morgan fingerprint density at radius 1 is 1.04 bits per heavy atom. The second-order valence-corrected chi connectivity index (χ2v) is 6.86. The van der Waals surface area contributed by atoms with Crippen LogP contribution in [0.2, 0.25) is 0 Å². The van der Waals surface area contributed by atoms with Crippen molar-refractivity contribution in [2.75, 3.05) is 7.11 Å². The second-order valence-electron chi connectivity index (χ2n) is 6.86. The monoisotopic (exact) mass is 330 g/mol. The Bertz CT molecular complexity index is 1050. The Balaban J connectivity index is 1.86. The highest BCUT2D eigenvalue weighted by atomic mass is 16.6. The molecule has 0 fully saturated rings. The Hall–Kier alpha value is -2.81. The summed E-state index contributed by atoms with van der Waals surface area (Å²) >= 11 is 0. The molecule has 124 valence electrons. The molecule has 0 amide bonds. The van der Waals surface area contributed by atoms with Gasteiger partial charge in [0, 0.05) is 16.5 Å². The van der Waals surface area contributed by atoms with Crippen molar-refractivity contribution in [3.63, 3.8) is 0 Å². The van der Waals surface area contributed by atoms with E-state index >= 15 is 0 Å². The maximum Gasteiger partial charge on any atom is 0.340 e. The molecule has 0 saturated heterocycles. The van der Waals surface area contributed by atoms with Crippen LogP contribution < -0.4 is 4.74 Å². The van der Waals surface area contributed by atoms with Crippen LogP contribution in [0.3, 0.4) is 0 Å².